The molecule has 7 heteroatoms. The Labute approximate surface area is 133 Å². The SMILES string of the molecule is COc1ccc(C[n+]2csc(CCO)c2C)c(NC(C)=O)n1. The molecule has 0 atom stereocenters. The van der Waals surface area contributed by atoms with Crippen molar-refractivity contribution in [2.75, 3.05) is 19.0 Å². The molecule has 0 aromatic carbocycles. The van der Waals surface area contributed by atoms with E-state index in [-0.39, 0.29) is 12.5 Å². The van der Waals surface area contributed by atoms with Crippen LogP contribution in [0, 0.1) is 6.92 Å². The predicted octanol–water partition coefficient (Wildman–Crippen LogP) is 1.29. The average Bonchev–Trinajstić information content (AvgIpc) is 2.82. The average molecular weight is 322 g/mol. The maximum atomic E-state index is 11.3. The Morgan fingerprint density at radius 2 is 2.27 bits per heavy atom. The molecule has 0 spiro atoms. The van der Waals surface area contributed by atoms with E-state index in [2.05, 4.69) is 14.9 Å². The van der Waals surface area contributed by atoms with Gasteiger partial charge in [0, 0.05) is 32.9 Å². The first-order chi connectivity index (χ1) is 10.5. The van der Waals surface area contributed by atoms with Crippen molar-refractivity contribution in [1.29, 1.82) is 0 Å². The van der Waals surface area contributed by atoms with Gasteiger partial charge in [-0.05, 0) is 6.07 Å². The van der Waals surface area contributed by atoms with E-state index in [4.69, 9.17) is 9.84 Å². The number of aromatic nitrogens is 2. The number of hydrogen-bond acceptors (Lipinski definition) is 5. The van der Waals surface area contributed by atoms with Crippen LogP contribution in [0.25, 0.3) is 0 Å². The lowest BCUT2D eigenvalue weighted by Gasteiger charge is -2.08. The first-order valence-electron chi connectivity index (χ1n) is 6.94. The number of nitrogens with zero attached hydrogens (tertiary/aromatic N) is 2. The maximum absolute atomic E-state index is 11.3. The molecule has 2 rings (SSSR count). The molecular formula is C15H20N3O3S+. The zero-order valence-corrected chi connectivity index (χ0v) is 13.7. The van der Waals surface area contributed by atoms with E-state index in [1.165, 1.54) is 6.92 Å². The molecule has 0 fully saturated rings. The minimum absolute atomic E-state index is 0.141. The number of pyridine rings is 1. The highest BCUT2D eigenvalue weighted by molar-refractivity contribution is 7.09. The van der Waals surface area contributed by atoms with Gasteiger partial charge in [-0.3, -0.25) is 4.79 Å². The van der Waals surface area contributed by atoms with Crippen LogP contribution >= 0.6 is 11.3 Å². The minimum atomic E-state index is -0.171. The number of anilines is 1. The molecule has 0 saturated carbocycles. The summed E-state index contributed by atoms with van der Waals surface area (Å²) in [6.45, 7) is 4.22. The monoisotopic (exact) mass is 322 g/mol. The smallest absolute Gasteiger partial charge is 0.225 e. The first kappa shape index (κ1) is 16.4. The molecule has 0 aliphatic heterocycles. The van der Waals surface area contributed by atoms with Crippen LogP contribution in [0.4, 0.5) is 5.82 Å². The number of methoxy groups -OCH3 is 1. The van der Waals surface area contributed by atoms with Crippen molar-refractivity contribution in [1.82, 2.24) is 4.98 Å². The Morgan fingerprint density at radius 3 is 2.91 bits per heavy atom. The molecule has 0 aliphatic rings. The number of carbonyl (C=O) groups excluding carboxylic acids is 1. The standard InChI is InChI=1S/C15H19N3O3S/c1-10-13(6-7-19)22-9-18(10)8-12-4-5-14(21-3)17-15(12)16-11(2)20/h4-5,9,19H,6-8H2,1-3H3/p+1. The van der Waals surface area contributed by atoms with E-state index in [0.717, 1.165) is 16.1 Å². The lowest BCUT2D eigenvalue weighted by Crippen LogP contribution is -2.35. The van der Waals surface area contributed by atoms with Crippen LogP contribution in [0.2, 0.25) is 0 Å². The highest BCUT2D eigenvalue weighted by Gasteiger charge is 2.18. The normalized spacial score (nSPS) is 10.5. The van der Waals surface area contributed by atoms with Crippen LogP contribution < -0.4 is 14.6 Å². The molecule has 2 heterocycles. The van der Waals surface area contributed by atoms with Crippen molar-refractivity contribution in [2.24, 2.45) is 0 Å². The van der Waals surface area contributed by atoms with Gasteiger partial charge in [-0.1, -0.05) is 11.3 Å². The molecule has 0 unspecified atom stereocenters. The molecule has 0 radical (unpaired) electrons. The van der Waals surface area contributed by atoms with Crippen molar-refractivity contribution in [2.45, 2.75) is 26.8 Å². The number of nitrogens with one attached hydrogen (secondary N) is 1. The van der Waals surface area contributed by atoms with E-state index in [1.54, 1.807) is 24.5 Å². The van der Waals surface area contributed by atoms with E-state index in [0.29, 0.717) is 24.7 Å². The fraction of sp³-hybridized carbons (Fsp3) is 0.400. The number of amides is 1. The summed E-state index contributed by atoms with van der Waals surface area (Å²) in [6.07, 6.45) is 0.656. The van der Waals surface area contributed by atoms with Gasteiger partial charge in [0.2, 0.25) is 17.3 Å². The molecule has 2 N–H and O–H groups in total. The molecule has 118 valence electrons. The second-order valence-electron chi connectivity index (χ2n) is 4.88. The summed E-state index contributed by atoms with van der Waals surface area (Å²) in [6, 6.07) is 3.67. The van der Waals surface area contributed by atoms with E-state index in [1.807, 2.05) is 18.5 Å². The number of aliphatic hydroxyl groups is 1. The van der Waals surface area contributed by atoms with Crippen LogP contribution in [0.15, 0.2) is 17.6 Å². The Hall–Kier alpha value is -1.99. The van der Waals surface area contributed by atoms with Gasteiger partial charge in [0.15, 0.2) is 12.2 Å². The zero-order valence-electron chi connectivity index (χ0n) is 12.9. The fourth-order valence-electron chi connectivity index (χ4n) is 2.12. The number of rotatable bonds is 6. The van der Waals surface area contributed by atoms with Crippen LogP contribution in [0.5, 0.6) is 5.88 Å². The quantitative estimate of drug-likeness (QED) is 0.786. The maximum Gasteiger partial charge on any atom is 0.225 e. The van der Waals surface area contributed by atoms with Gasteiger partial charge in [-0.2, -0.15) is 9.55 Å². The van der Waals surface area contributed by atoms with Crippen LogP contribution in [-0.4, -0.2) is 29.7 Å². The summed E-state index contributed by atoms with van der Waals surface area (Å²) in [5.41, 5.74) is 4.03. The lowest BCUT2D eigenvalue weighted by molar-refractivity contribution is -0.689. The third-order valence-corrected chi connectivity index (χ3v) is 4.44. The van der Waals surface area contributed by atoms with Gasteiger partial charge >= 0.3 is 0 Å². The number of ether oxygens (including phenoxy) is 1. The predicted molar refractivity (Wildman–Crippen MR) is 84.2 cm³/mol. The molecule has 0 bridgehead atoms. The molecule has 1 amide bonds. The molecule has 6 nitrogen and oxygen atoms in total. The van der Waals surface area contributed by atoms with Crippen molar-refractivity contribution >= 4 is 23.1 Å². The fourth-order valence-corrected chi connectivity index (χ4v) is 3.10. The van der Waals surface area contributed by atoms with Gasteiger partial charge in [0.25, 0.3) is 0 Å². The highest BCUT2D eigenvalue weighted by Crippen LogP contribution is 2.19. The van der Waals surface area contributed by atoms with Gasteiger partial charge in [-0.25, -0.2) is 0 Å². The highest BCUT2D eigenvalue weighted by atomic mass is 32.1. The second kappa shape index (κ2) is 7.33. The van der Waals surface area contributed by atoms with Crippen LogP contribution in [0.3, 0.4) is 0 Å². The number of carbonyl (C=O) groups is 1. The van der Waals surface area contributed by atoms with Gasteiger partial charge < -0.3 is 15.2 Å². The number of aliphatic hydroxyl groups excluding tert-OH is 1. The minimum Gasteiger partial charge on any atom is -0.481 e. The summed E-state index contributed by atoms with van der Waals surface area (Å²) in [5.74, 6) is 0.796. The summed E-state index contributed by atoms with van der Waals surface area (Å²) in [5, 5.41) is 11.8. The van der Waals surface area contributed by atoms with Gasteiger partial charge in [0.1, 0.15) is 5.82 Å². The molecule has 0 saturated heterocycles. The van der Waals surface area contributed by atoms with Crippen molar-refractivity contribution < 1.29 is 19.2 Å². The van der Waals surface area contributed by atoms with E-state index in [9.17, 15) is 4.79 Å². The third kappa shape index (κ3) is 3.80. The largest absolute Gasteiger partial charge is 0.481 e. The van der Waals surface area contributed by atoms with Gasteiger partial charge in [0.05, 0.1) is 17.6 Å². The summed E-state index contributed by atoms with van der Waals surface area (Å²) in [7, 11) is 1.54. The molecule has 0 aliphatic carbocycles. The summed E-state index contributed by atoms with van der Waals surface area (Å²) >= 11 is 1.62. The third-order valence-electron chi connectivity index (χ3n) is 3.29. The van der Waals surface area contributed by atoms with Gasteiger partial charge in [-0.15, -0.1) is 0 Å². The van der Waals surface area contributed by atoms with Crippen molar-refractivity contribution in [3.05, 3.63) is 33.8 Å². The second-order valence-corrected chi connectivity index (χ2v) is 5.82. The molecule has 22 heavy (non-hydrogen) atoms. The van der Waals surface area contributed by atoms with Crippen molar-refractivity contribution in [3.63, 3.8) is 0 Å². The number of hydrogen-bond donors (Lipinski definition) is 2. The first-order valence-corrected chi connectivity index (χ1v) is 7.82. The summed E-state index contributed by atoms with van der Waals surface area (Å²) < 4.78 is 7.19. The molecule has 2 aromatic heterocycles. The van der Waals surface area contributed by atoms with Crippen molar-refractivity contribution in [3.8, 4) is 5.88 Å². The van der Waals surface area contributed by atoms with E-state index < -0.39 is 0 Å². The Bertz CT molecular complexity index is 670. The lowest BCUT2D eigenvalue weighted by atomic mass is 10.2. The number of thiazole rings is 1. The zero-order chi connectivity index (χ0) is 16.1. The Kier molecular flexibility index (Phi) is 5.46. The Balaban J connectivity index is 2.30. The van der Waals surface area contributed by atoms with Crippen LogP contribution in [-0.2, 0) is 17.8 Å². The van der Waals surface area contributed by atoms with Crippen LogP contribution in [0.1, 0.15) is 23.1 Å². The van der Waals surface area contributed by atoms with E-state index >= 15 is 0 Å². The topological polar surface area (TPSA) is 75.3 Å². The summed E-state index contributed by atoms with van der Waals surface area (Å²) in [4.78, 5) is 16.8. The molecule has 2 aromatic rings. The Morgan fingerprint density at radius 1 is 1.50 bits per heavy atom. The molecular weight excluding hydrogens is 302 g/mol.